The van der Waals surface area contributed by atoms with Crippen molar-refractivity contribution in [3.63, 3.8) is 0 Å². The lowest BCUT2D eigenvalue weighted by Gasteiger charge is -2.36. The van der Waals surface area contributed by atoms with Crippen LogP contribution in [0.4, 0.5) is 11.6 Å². The normalized spacial score (nSPS) is 18.6. The van der Waals surface area contributed by atoms with Crippen molar-refractivity contribution >= 4 is 17.5 Å². The molecule has 28 heavy (non-hydrogen) atoms. The molecule has 8 heteroatoms. The van der Waals surface area contributed by atoms with Gasteiger partial charge < -0.3 is 24.0 Å². The third-order valence-electron chi connectivity index (χ3n) is 5.63. The minimum absolute atomic E-state index is 0.0508. The molecule has 2 aromatic rings. The number of likely N-dealkylation sites (N-methyl/N-ethyl adjacent to an activating group) is 1. The van der Waals surface area contributed by atoms with E-state index in [4.69, 9.17) is 4.42 Å². The number of aryl methyl sites for hydroxylation is 2. The molecule has 0 saturated carbocycles. The number of piperazine rings is 2. The lowest BCUT2D eigenvalue weighted by atomic mass is 10.2. The van der Waals surface area contributed by atoms with Gasteiger partial charge in [0.1, 0.15) is 29.5 Å². The van der Waals surface area contributed by atoms with Crippen molar-refractivity contribution < 1.29 is 9.21 Å². The minimum atomic E-state index is 0.0508. The van der Waals surface area contributed by atoms with Crippen molar-refractivity contribution in [3.8, 4) is 0 Å². The Hall–Kier alpha value is -2.61. The lowest BCUT2D eigenvalue weighted by Crippen LogP contribution is -2.49. The van der Waals surface area contributed by atoms with Crippen LogP contribution < -0.4 is 9.80 Å². The van der Waals surface area contributed by atoms with Gasteiger partial charge in [-0.25, -0.2) is 9.97 Å². The maximum atomic E-state index is 12.8. The fourth-order valence-electron chi connectivity index (χ4n) is 3.87. The van der Waals surface area contributed by atoms with E-state index >= 15 is 0 Å². The summed E-state index contributed by atoms with van der Waals surface area (Å²) in [6.45, 7) is 10.7. The first-order valence-corrected chi connectivity index (χ1v) is 9.88. The van der Waals surface area contributed by atoms with Gasteiger partial charge in [-0.3, -0.25) is 4.79 Å². The average molecular weight is 384 g/mol. The van der Waals surface area contributed by atoms with E-state index in [-0.39, 0.29) is 5.91 Å². The molecular formula is C20H28N6O2. The molecule has 0 N–H and O–H groups in total. The number of furan rings is 1. The molecule has 2 aliphatic rings. The molecule has 0 radical (unpaired) electrons. The van der Waals surface area contributed by atoms with Crippen molar-refractivity contribution in [2.75, 3.05) is 69.2 Å². The molecule has 8 nitrogen and oxygen atoms in total. The van der Waals surface area contributed by atoms with E-state index in [0.717, 1.165) is 56.7 Å². The molecule has 4 rings (SSSR count). The predicted molar refractivity (Wildman–Crippen MR) is 108 cm³/mol. The van der Waals surface area contributed by atoms with Gasteiger partial charge in [-0.15, -0.1) is 0 Å². The highest BCUT2D eigenvalue weighted by Gasteiger charge is 2.26. The van der Waals surface area contributed by atoms with Crippen molar-refractivity contribution in [3.05, 3.63) is 35.5 Å². The quantitative estimate of drug-likeness (QED) is 0.792. The van der Waals surface area contributed by atoms with Crippen LogP contribution in [0.25, 0.3) is 0 Å². The van der Waals surface area contributed by atoms with Gasteiger partial charge in [0.2, 0.25) is 0 Å². The summed E-state index contributed by atoms with van der Waals surface area (Å²) in [5.74, 6) is 3.44. The fraction of sp³-hybridized carbons (Fsp3) is 0.550. The van der Waals surface area contributed by atoms with Gasteiger partial charge in [0, 0.05) is 58.4 Å². The van der Waals surface area contributed by atoms with E-state index in [2.05, 4.69) is 37.8 Å². The molecule has 2 fully saturated rings. The Labute approximate surface area is 165 Å². The summed E-state index contributed by atoms with van der Waals surface area (Å²) in [7, 11) is 2.15. The van der Waals surface area contributed by atoms with Gasteiger partial charge in [0.15, 0.2) is 0 Å². The molecule has 1 amide bonds. The Bertz CT molecular complexity index is 835. The second-order valence-corrected chi connectivity index (χ2v) is 7.63. The van der Waals surface area contributed by atoms with Gasteiger partial charge >= 0.3 is 0 Å². The number of rotatable bonds is 3. The third kappa shape index (κ3) is 3.82. The monoisotopic (exact) mass is 384 g/mol. The summed E-state index contributed by atoms with van der Waals surface area (Å²) in [5.41, 5.74) is 0.672. The zero-order valence-corrected chi connectivity index (χ0v) is 16.9. The van der Waals surface area contributed by atoms with E-state index in [1.54, 1.807) is 6.33 Å². The van der Waals surface area contributed by atoms with Crippen LogP contribution in [0.2, 0.25) is 0 Å². The fourth-order valence-corrected chi connectivity index (χ4v) is 3.87. The van der Waals surface area contributed by atoms with Crippen LogP contribution in [0.1, 0.15) is 21.9 Å². The molecule has 0 spiro atoms. The van der Waals surface area contributed by atoms with Crippen LogP contribution in [0.15, 0.2) is 22.9 Å². The van der Waals surface area contributed by atoms with Gasteiger partial charge in [-0.2, -0.15) is 0 Å². The van der Waals surface area contributed by atoms with Crippen LogP contribution in [0.3, 0.4) is 0 Å². The predicted octanol–water partition coefficient (Wildman–Crippen LogP) is 1.40. The zero-order valence-electron chi connectivity index (χ0n) is 16.9. The molecule has 0 bridgehead atoms. The number of nitrogens with zero attached hydrogens (tertiary/aromatic N) is 6. The van der Waals surface area contributed by atoms with Gasteiger partial charge in [0.05, 0.1) is 5.56 Å². The van der Waals surface area contributed by atoms with Crippen molar-refractivity contribution in [1.82, 2.24) is 19.8 Å². The van der Waals surface area contributed by atoms with Crippen molar-refractivity contribution in [2.24, 2.45) is 0 Å². The van der Waals surface area contributed by atoms with E-state index in [9.17, 15) is 4.79 Å². The summed E-state index contributed by atoms with van der Waals surface area (Å²) in [6, 6.07) is 3.91. The molecule has 150 valence electrons. The summed E-state index contributed by atoms with van der Waals surface area (Å²) in [4.78, 5) is 30.5. The number of hydrogen-bond acceptors (Lipinski definition) is 7. The first-order chi connectivity index (χ1) is 13.5. The zero-order chi connectivity index (χ0) is 19.7. The van der Waals surface area contributed by atoms with Crippen LogP contribution in [0.5, 0.6) is 0 Å². The number of anilines is 2. The number of aromatic nitrogens is 2. The maximum absolute atomic E-state index is 12.8. The lowest BCUT2D eigenvalue weighted by molar-refractivity contribution is 0.0744. The smallest absolute Gasteiger partial charge is 0.257 e. The maximum Gasteiger partial charge on any atom is 0.257 e. The molecule has 0 aliphatic carbocycles. The van der Waals surface area contributed by atoms with Gasteiger partial charge in [-0.1, -0.05) is 0 Å². The number of carbonyl (C=O) groups is 1. The highest BCUT2D eigenvalue weighted by Crippen LogP contribution is 2.21. The first kappa shape index (κ1) is 18.7. The van der Waals surface area contributed by atoms with E-state index < -0.39 is 0 Å². The highest BCUT2D eigenvalue weighted by atomic mass is 16.3. The van der Waals surface area contributed by atoms with E-state index in [1.807, 2.05) is 24.8 Å². The molecule has 0 unspecified atom stereocenters. The second-order valence-electron chi connectivity index (χ2n) is 7.63. The Morgan fingerprint density at radius 3 is 2.00 bits per heavy atom. The van der Waals surface area contributed by atoms with Crippen LogP contribution in [-0.2, 0) is 0 Å². The standard InChI is InChI=1S/C20H28N6O2/c1-15-12-17(16(2)28-15)20(27)26-10-8-25(9-11-26)19-13-18(21-14-22-19)24-6-4-23(3)5-7-24/h12-14H,4-11H2,1-3H3. The molecular weight excluding hydrogens is 356 g/mol. The molecule has 4 heterocycles. The SMILES string of the molecule is Cc1cc(C(=O)N2CCN(c3cc(N4CCN(C)CC4)ncn3)CC2)c(C)o1. The van der Waals surface area contributed by atoms with Gasteiger partial charge in [0.25, 0.3) is 5.91 Å². The Morgan fingerprint density at radius 2 is 1.46 bits per heavy atom. The summed E-state index contributed by atoms with van der Waals surface area (Å²) in [5, 5.41) is 0. The second kappa shape index (κ2) is 7.79. The number of amides is 1. The molecule has 2 aliphatic heterocycles. The third-order valence-corrected chi connectivity index (χ3v) is 5.63. The Morgan fingerprint density at radius 1 is 0.893 bits per heavy atom. The van der Waals surface area contributed by atoms with E-state index in [0.29, 0.717) is 24.4 Å². The number of carbonyl (C=O) groups excluding carboxylic acids is 1. The van der Waals surface area contributed by atoms with Crippen molar-refractivity contribution in [1.29, 1.82) is 0 Å². The topological polar surface area (TPSA) is 69.0 Å². The van der Waals surface area contributed by atoms with Crippen molar-refractivity contribution in [2.45, 2.75) is 13.8 Å². The van der Waals surface area contributed by atoms with Crippen LogP contribution >= 0.6 is 0 Å². The summed E-state index contributed by atoms with van der Waals surface area (Å²) in [6.07, 6.45) is 1.65. The summed E-state index contributed by atoms with van der Waals surface area (Å²) < 4.78 is 5.51. The molecule has 2 aromatic heterocycles. The van der Waals surface area contributed by atoms with Gasteiger partial charge in [-0.05, 0) is 27.0 Å². The highest BCUT2D eigenvalue weighted by molar-refractivity contribution is 5.95. The first-order valence-electron chi connectivity index (χ1n) is 9.88. The van der Waals surface area contributed by atoms with Crippen LogP contribution in [-0.4, -0.2) is 85.1 Å². The largest absolute Gasteiger partial charge is 0.466 e. The van der Waals surface area contributed by atoms with Crippen LogP contribution in [0, 0.1) is 13.8 Å². The molecule has 2 saturated heterocycles. The minimum Gasteiger partial charge on any atom is -0.466 e. The van der Waals surface area contributed by atoms with E-state index in [1.165, 1.54) is 0 Å². The molecule has 0 aromatic carbocycles. The number of hydrogen-bond donors (Lipinski definition) is 0. The Kier molecular flexibility index (Phi) is 5.21. The molecule has 0 atom stereocenters. The summed E-state index contributed by atoms with van der Waals surface area (Å²) >= 11 is 0. The Balaban J connectivity index is 1.39. The average Bonchev–Trinajstić information content (AvgIpc) is 3.06.